The first-order chi connectivity index (χ1) is 11.5. The zero-order valence-electron chi connectivity index (χ0n) is 15.6. The summed E-state index contributed by atoms with van der Waals surface area (Å²) in [6, 6.07) is 3.96. The summed E-state index contributed by atoms with van der Waals surface area (Å²) in [7, 11) is 0. The Labute approximate surface area is 148 Å². The second kappa shape index (κ2) is 5.93. The highest BCUT2D eigenvalue weighted by Gasteiger charge is 2.36. The van der Waals surface area contributed by atoms with Gasteiger partial charge in [0.05, 0.1) is 5.69 Å². The van der Waals surface area contributed by atoms with E-state index in [-0.39, 0.29) is 12.0 Å². The normalized spacial score (nSPS) is 19.1. The number of benzene rings is 1. The Hall–Kier alpha value is -2.24. The molecule has 0 aromatic heterocycles. The van der Waals surface area contributed by atoms with Crippen LogP contribution in [0.1, 0.15) is 45.7 Å². The van der Waals surface area contributed by atoms with Gasteiger partial charge in [-0.05, 0) is 70.7 Å². The third-order valence-corrected chi connectivity index (χ3v) is 4.42. The molecule has 0 bridgehead atoms. The van der Waals surface area contributed by atoms with E-state index in [2.05, 4.69) is 5.32 Å². The van der Waals surface area contributed by atoms with Crippen molar-refractivity contribution in [2.45, 2.75) is 58.7 Å². The fourth-order valence-corrected chi connectivity index (χ4v) is 3.04. The lowest BCUT2D eigenvalue weighted by Crippen LogP contribution is -2.45. The standard InChI is InChI=1S/C19H26N2O4/c1-18(2,3)25-17(23)21-8-6-12-10-14-15(11-13(12)7-9-21)24-19(4,5)16(22)20-14/h10-11H,6-9H2,1-5H3,(H,20,22). The predicted octanol–water partition coefficient (Wildman–Crippen LogP) is 3.13. The average Bonchev–Trinajstić information content (AvgIpc) is 2.66. The number of fused-ring (bicyclic) bond motifs is 2. The van der Waals surface area contributed by atoms with Crippen LogP contribution in [0.5, 0.6) is 5.75 Å². The molecule has 3 rings (SSSR count). The lowest BCUT2D eigenvalue weighted by atomic mass is 9.99. The van der Waals surface area contributed by atoms with Gasteiger partial charge in [-0.25, -0.2) is 4.79 Å². The van der Waals surface area contributed by atoms with Crippen molar-refractivity contribution in [3.8, 4) is 5.75 Å². The van der Waals surface area contributed by atoms with E-state index in [9.17, 15) is 9.59 Å². The molecule has 0 saturated heterocycles. The highest BCUT2D eigenvalue weighted by Crippen LogP contribution is 2.37. The third-order valence-electron chi connectivity index (χ3n) is 4.42. The van der Waals surface area contributed by atoms with Crippen LogP contribution in [0.25, 0.3) is 0 Å². The summed E-state index contributed by atoms with van der Waals surface area (Å²) in [4.78, 5) is 26.2. The Kier molecular flexibility index (Phi) is 4.17. The van der Waals surface area contributed by atoms with E-state index >= 15 is 0 Å². The van der Waals surface area contributed by atoms with Crippen molar-refractivity contribution in [2.24, 2.45) is 0 Å². The van der Waals surface area contributed by atoms with Crippen LogP contribution in [0.4, 0.5) is 10.5 Å². The van der Waals surface area contributed by atoms with Crippen LogP contribution in [0, 0.1) is 0 Å². The zero-order valence-corrected chi connectivity index (χ0v) is 15.6. The SMILES string of the molecule is CC(C)(C)OC(=O)N1CCc2cc3c(cc2CC1)OC(C)(C)C(=O)N3. The second-order valence-corrected chi connectivity index (χ2v) is 8.15. The van der Waals surface area contributed by atoms with Gasteiger partial charge < -0.3 is 19.7 Å². The third kappa shape index (κ3) is 3.72. The summed E-state index contributed by atoms with van der Waals surface area (Å²) < 4.78 is 11.3. The Morgan fingerprint density at radius 3 is 2.40 bits per heavy atom. The van der Waals surface area contributed by atoms with Crippen LogP contribution in [-0.2, 0) is 22.4 Å². The summed E-state index contributed by atoms with van der Waals surface area (Å²) in [6.07, 6.45) is 1.18. The first kappa shape index (κ1) is 17.6. The molecule has 0 spiro atoms. The summed E-state index contributed by atoms with van der Waals surface area (Å²) in [5.41, 5.74) is 1.60. The predicted molar refractivity (Wildman–Crippen MR) is 95.0 cm³/mol. The quantitative estimate of drug-likeness (QED) is 0.784. The molecule has 136 valence electrons. The van der Waals surface area contributed by atoms with E-state index < -0.39 is 11.2 Å². The van der Waals surface area contributed by atoms with Crippen molar-refractivity contribution in [2.75, 3.05) is 18.4 Å². The molecule has 2 aliphatic heterocycles. The highest BCUT2D eigenvalue weighted by atomic mass is 16.6. The van der Waals surface area contributed by atoms with E-state index in [1.165, 1.54) is 0 Å². The molecular formula is C19H26N2O4. The maximum Gasteiger partial charge on any atom is 0.410 e. The van der Waals surface area contributed by atoms with Gasteiger partial charge in [-0.15, -0.1) is 0 Å². The number of hydrogen-bond donors (Lipinski definition) is 1. The number of rotatable bonds is 0. The lowest BCUT2D eigenvalue weighted by molar-refractivity contribution is -0.129. The van der Waals surface area contributed by atoms with Crippen molar-refractivity contribution >= 4 is 17.7 Å². The number of carbonyl (C=O) groups is 2. The van der Waals surface area contributed by atoms with Gasteiger partial charge in [0.2, 0.25) is 0 Å². The Balaban J connectivity index is 1.79. The molecule has 1 aromatic carbocycles. The van der Waals surface area contributed by atoms with Crippen LogP contribution in [0.3, 0.4) is 0 Å². The summed E-state index contributed by atoms with van der Waals surface area (Å²) in [5.74, 6) is 0.540. The number of ether oxygens (including phenoxy) is 2. The Bertz CT molecular complexity index is 719. The Morgan fingerprint density at radius 1 is 1.20 bits per heavy atom. The number of amides is 2. The lowest BCUT2D eigenvalue weighted by Gasteiger charge is -2.32. The topological polar surface area (TPSA) is 67.9 Å². The molecule has 6 nitrogen and oxygen atoms in total. The van der Waals surface area contributed by atoms with E-state index in [1.54, 1.807) is 18.7 Å². The van der Waals surface area contributed by atoms with Gasteiger partial charge in [0.25, 0.3) is 5.91 Å². The molecule has 2 amide bonds. The van der Waals surface area contributed by atoms with Crippen LogP contribution >= 0.6 is 0 Å². The van der Waals surface area contributed by atoms with Gasteiger partial charge in [0.1, 0.15) is 11.4 Å². The van der Waals surface area contributed by atoms with Crippen molar-refractivity contribution in [1.29, 1.82) is 0 Å². The minimum Gasteiger partial charge on any atom is -0.476 e. The molecule has 25 heavy (non-hydrogen) atoms. The van der Waals surface area contributed by atoms with Gasteiger partial charge in [0, 0.05) is 13.1 Å². The fourth-order valence-electron chi connectivity index (χ4n) is 3.04. The monoisotopic (exact) mass is 346 g/mol. The first-order valence-corrected chi connectivity index (χ1v) is 8.69. The molecule has 2 aliphatic rings. The van der Waals surface area contributed by atoms with Gasteiger partial charge in [-0.2, -0.15) is 0 Å². The molecule has 1 N–H and O–H groups in total. The molecule has 0 aliphatic carbocycles. The summed E-state index contributed by atoms with van der Waals surface area (Å²) in [6.45, 7) is 10.3. The van der Waals surface area contributed by atoms with Crippen molar-refractivity contribution in [3.63, 3.8) is 0 Å². The highest BCUT2D eigenvalue weighted by molar-refractivity contribution is 6.00. The maximum atomic E-state index is 12.3. The van der Waals surface area contributed by atoms with Gasteiger partial charge in [-0.1, -0.05) is 0 Å². The van der Waals surface area contributed by atoms with Crippen molar-refractivity contribution in [1.82, 2.24) is 4.90 Å². The fraction of sp³-hybridized carbons (Fsp3) is 0.579. The summed E-state index contributed by atoms with van der Waals surface area (Å²) in [5, 5.41) is 2.92. The number of nitrogens with zero attached hydrogens (tertiary/aromatic N) is 1. The van der Waals surface area contributed by atoms with Crippen molar-refractivity contribution in [3.05, 3.63) is 23.3 Å². The minimum absolute atomic E-state index is 0.149. The zero-order chi connectivity index (χ0) is 18.4. The van der Waals surface area contributed by atoms with E-state index in [1.807, 2.05) is 32.9 Å². The molecule has 1 aromatic rings. The molecule has 0 atom stereocenters. The van der Waals surface area contributed by atoms with E-state index in [4.69, 9.17) is 9.47 Å². The molecule has 6 heteroatoms. The number of nitrogens with one attached hydrogen (secondary N) is 1. The van der Waals surface area contributed by atoms with Gasteiger partial charge in [-0.3, -0.25) is 4.79 Å². The Morgan fingerprint density at radius 2 is 1.80 bits per heavy atom. The number of carbonyl (C=O) groups excluding carboxylic acids is 2. The van der Waals surface area contributed by atoms with E-state index in [0.29, 0.717) is 24.5 Å². The molecule has 0 saturated carbocycles. The van der Waals surface area contributed by atoms with Crippen LogP contribution in [-0.4, -0.2) is 41.2 Å². The molecule has 0 unspecified atom stereocenters. The van der Waals surface area contributed by atoms with Crippen LogP contribution < -0.4 is 10.1 Å². The second-order valence-electron chi connectivity index (χ2n) is 8.15. The van der Waals surface area contributed by atoms with Gasteiger partial charge >= 0.3 is 6.09 Å². The minimum atomic E-state index is -0.880. The van der Waals surface area contributed by atoms with Crippen LogP contribution in [0.2, 0.25) is 0 Å². The molecule has 0 radical (unpaired) electrons. The van der Waals surface area contributed by atoms with Gasteiger partial charge in [0.15, 0.2) is 5.60 Å². The van der Waals surface area contributed by atoms with Crippen LogP contribution in [0.15, 0.2) is 12.1 Å². The number of hydrogen-bond acceptors (Lipinski definition) is 4. The smallest absolute Gasteiger partial charge is 0.410 e. The van der Waals surface area contributed by atoms with E-state index in [0.717, 1.165) is 24.0 Å². The molecule has 0 fully saturated rings. The first-order valence-electron chi connectivity index (χ1n) is 8.69. The average molecular weight is 346 g/mol. The maximum absolute atomic E-state index is 12.3. The molecular weight excluding hydrogens is 320 g/mol. The molecule has 2 heterocycles. The van der Waals surface area contributed by atoms with Crippen molar-refractivity contribution < 1.29 is 19.1 Å². The largest absolute Gasteiger partial charge is 0.476 e. The summed E-state index contributed by atoms with van der Waals surface area (Å²) >= 11 is 0. The number of anilines is 1.